The predicted molar refractivity (Wildman–Crippen MR) is 98.4 cm³/mol. The molecule has 2 aromatic carbocycles. The molecule has 2 rings (SSSR count). The summed E-state index contributed by atoms with van der Waals surface area (Å²) in [4.78, 5) is 0. The van der Waals surface area contributed by atoms with Crippen LogP contribution in [0, 0.1) is 18.8 Å². The second-order valence-corrected chi connectivity index (χ2v) is 6.75. The van der Waals surface area contributed by atoms with Gasteiger partial charge in [0.1, 0.15) is 23.0 Å². The Morgan fingerprint density at radius 3 is 2.08 bits per heavy atom. The van der Waals surface area contributed by atoms with Crippen LogP contribution in [-0.4, -0.2) is 13.7 Å². The molecule has 0 heterocycles. The SMILES string of the molecule is COc1ccc(Oc2ccc(OCC(C)CC(C)C)cc2C)cc1. The highest BCUT2D eigenvalue weighted by atomic mass is 16.5. The Morgan fingerprint density at radius 2 is 1.50 bits per heavy atom. The zero-order valence-corrected chi connectivity index (χ0v) is 15.3. The second-order valence-electron chi connectivity index (χ2n) is 6.75. The van der Waals surface area contributed by atoms with Crippen molar-refractivity contribution in [1.82, 2.24) is 0 Å². The van der Waals surface area contributed by atoms with Crippen molar-refractivity contribution in [1.29, 1.82) is 0 Å². The Bertz CT molecular complexity index is 632. The molecule has 0 aliphatic rings. The minimum atomic E-state index is 0.556. The van der Waals surface area contributed by atoms with Crippen molar-refractivity contribution >= 4 is 0 Å². The lowest BCUT2D eigenvalue weighted by atomic mass is 10.00. The van der Waals surface area contributed by atoms with Crippen LogP contribution in [-0.2, 0) is 0 Å². The zero-order valence-electron chi connectivity index (χ0n) is 15.3. The lowest BCUT2D eigenvalue weighted by Crippen LogP contribution is -2.11. The number of methoxy groups -OCH3 is 1. The van der Waals surface area contributed by atoms with E-state index in [1.54, 1.807) is 7.11 Å². The average molecular weight is 328 g/mol. The van der Waals surface area contributed by atoms with Gasteiger partial charge in [0.05, 0.1) is 13.7 Å². The monoisotopic (exact) mass is 328 g/mol. The van der Waals surface area contributed by atoms with Gasteiger partial charge in [0.15, 0.2) is 0 Å². The minimum absolute atomic E-state index is 0.556. The molecule has 0 saturated carbocycles. The summed E-state index contributed by atoms with van der Waals surface area (Å²) in [6.07, 6.45) is 1.18. The number of benzene rings is 2. The molecule has 0 aliphatic heterocycles. The van der Waals surface area contributed by atoms with Crippen LogP contribution in [0.2, 0.25) is 0 Å². The van der Waals surface area contributed by atoms with Crippen LogP contribution < -0.4 is 14.2 Å². The first-order valence-electron chi connectivity index (χ1n) is 8.53. The van der Waals surface area contributed by atoms with Crippen LogP contribution in [0.1, 0.15) is 32.8 Å². The maximum atomic E-state index is 5.93. The molecule has 3 nitrogen and oxygen atoms in total. The Morgan fingerprint density at radius 1 is 0.875 bits per heavy atom. The van der Waals surface area contributed by atoms with Crippen LogP contribution >= 0.6 is 0 Å². The Labute approximate surface area is 145 Å². The van der Waals surface area contributed by atoms with Gasteiger partial charge in [-0.1, -0.05) is 20.8 Å². The summed E-state index contributed by atoms with van der Waals surface area (Å²) in [6.45, 7) is 9.49. The van der Waals surface area contributed by atoms with Crippen molar-refractivity contribution in [3.8, 4) is 23.0 Å². The molecular formula is C21H28O3. The quantitative estimate of drug-likeness (QED) is 0.607. The summed E-state index contributed by atoms with van der Waals surface area (Å²) >= 11 is 0. The first-order chi connectivity index (χ1) is 11.5. The Hall–Kier alpha value is -2.16. The summed E-state index contributed by atoms with van der Waals surface area (Å²) in [5.41, 5.74) is 1.06. The first-order valence-corrected chi connectivity index (χ1v) is 8.53. The van der Waals surface area contributed by atoms with E-state index in [1.165, 1.54) is 6.42 Å². The van der Waals surface area contributed by atoms with E-state index in [-0.39, 0.29) is 0 Å². The molecule has 0 aliphatic carbocycles. The smallest absolute Gasteiger partial charge is 0.130 e. The third-order valence-electron chi connectivity index (χ3n) is 3.84. The van der Waals surface area contributed by atoms with Gasteiger partial charge in [0, 0.05) is 0 Å². The number of hydrogen-bond acceptors (Lipinski definition) is 3. The maximum Gasteiger partial charge on any atom is 0.130 e. The van der Waals surface area contributed by atoms with Gasteiger partial charge in [-0.25, -0.2) is 0 Å². The third kappa shape index (κ3) is 5.48. The van der Waals surface area contributed by atoms with Crippen LogP contribution in [0.15, 0.2) is 42.5 Å². The molecule has 130 valence electrons. The number of hydrogen-bond donors (Lipinski definition) is 0. The summed E-state index contributed by atoms with van der Waals surface area (Å²) in [7, 11) is 1.65. The van der Waals surface area contributed by atoms with E-state index in [0.717, 1.165) is 35.2 Å². The second kappa shape index (κ2) is 8.62. The van der Waals surface area contributed by atoms with E-state index in [1.807, 2.05) is 49.4 Å². The molecule has 1 atom stereocenters. The summed E-state index contributed by atoms with van der Waals surface area (Å²) in [5, 5.41) is 0. The Balaban J connectivity index is 1.96. The van der Waals surface area contributed by atoms with E-state index < -0.39 is 0 Å². The lowest BCUT2D eigenvalue weighted by molar-refractivity contribution is 0.238. The summed E-state index contributed by atoms with van der Waals surface area (Å²) in [5.74, 6) is 4.59. The average Bonchev–Trinajstić information content (AvgIpc) is 2.55. The van der Waals surface area contributed by atoms with Crippen molar-refractivity contribution in [2.75, 3.05) is 13.7 Å². The highest BCUT2D eigenvalue weighted by molar-refractivity contribution is 5.42. The fourth-order valence-electron chi connectivity index (χ4n) is 2.71. The molecule has 0 saturated heterocycles. The van der Waals surface area contributed by atoms with E-state index in [9.17, 15) is 0 Å². The number of aryl methyl sites for hydroxylation is 1. The molecule has 3 heteroatoms. The van der Waals surface area contributed by atoms with Crippen LogP contribution in [0.4, 0.5) is 0 Å². The van der Waals surface area contributed by atoms with E-state index in [2.05, 4.69) is 20.8 Å². The highest BCUT2D eigenvalue weighted by Gasteiger charge is 2.08. The van der Waals surface area contributed by atoms with Crippen molar-refractivity contribution < 1.29 is 14.2 Å². The topological polar surface area (TPSA) is 27.7 Å². The Kier molecular flexibility index (Phi) is 6.53. The number of ether oxygens (including phenoxy) is 3. The molecule has 0 amide bonds. The highest BCUT2D eigenvalue weighted by Crippen LogP contribution is 2.29. The standard InChI is InChI=1S/C21H28O3/c1-15(2)12-16(3)14-23-20-10-11-21(17(4)13-20)24-19-8-6-18(22-5)7-9-19/h6-11,13,15-16H,12,14H2,1-5H3. The van der Waals surface area contributed by atoms with Crippen LogP contribution in [0.25, 0.3) is 0 Å². The molecular weight excluding hydrogens is 300 g/mol. The van der Waals surface area contributed by atoms with Gasteiger partial charge in [-0.15, -0.1) is 0 Å². The molecule has 0 fully saturated rings. The van der Waals surface area contributed by atoms with Crippen molar-refractivity contribution in [3.05, 3.63) is 48.0 Å². The van der Waals surface area contributed by atoms with E-state index in [4.69, 9.17) is 14.2 Å². The predicted octanol–water partition coefficient (Wildman–Crippen LogP) is 5.86. The van der Waals surface area contributed by atoms with Crippen LogP contribution in [0.5, 0.6) is 23.0 Å². The number of rotatable bonds is 8. The molecule has 0 N–H and O–H groups in total. The van der Waals surface area contributed by atoms with E-state index >= 15 is 0 Å². The fourth-order valence-corrected chi connectivity index (χ4v) is 2.71. The van der Waals surface area contributed by atoms with Crippen molar-refractivity contribution in [2.24, 2.45) is 11.8 Å². The summed E-state index contributed by atoms with van der Waals surface area (Å²) < 4.78 is 17.0. The lowest BCUT2D eigenvalue weighted by Gasteiger charge is -2.16. The van der Waals surface area contributed by atoms with Gasteiger partial charge in [0.2, 0.25) is 0 Å². The van der Waals surface area contributed by atoms with Crippen molar-refractivity contribution in [2.45, 2.75) is 34.1 Å². The third-order valence-corrected chi connectivity index (χ3v) is 3.84. The van der Waals surface area contributed by atoms with Gasteiger partial charge in [-0.2, -0.15) is 0 Å². The van der Waals surface area contributed by atoms with Crippen molar-refractivity contribution in [3.63, 3.8) is 0 Å². The molecule has 24 heavy (non-hydrogen) atoms. The van der Waals surface area contributed by atoms with E-state index in [0.29, 0.717) is 11.8 Å². The van der Waals surface area contributed by atoms with Gasteiger partial charge < -0.3 is 14.2 Å². The minimum Gasteiger partial charge on any atom is -0.497 e. The molecule has 0 aromatic heterocycles. The van der Waals surface area contributed by atoms with Gasteiger partial charge >= 0.3 is 0 Å². The maximum absolute atomic E-state index is 5.93. The molecule has 0 radical (unpaired) electrons. The molecule has 2 aromatic rings. The first kappa shape index (κ1) is 18.2. The normalized spacial score (nSPS) is 12.1. The molecule has 0 bridgehead atoms. The molecule has 0 spiro atoms. The fraction of sp³-hybridized carbons (Fsp3) is 0.429. The zero-order chi connectivity index (χ0) is 17.5. The van der Waals surface area contributed by atoms with Gasteiger partial charge in [-0.05, 0) is 73.2 Å². The van der Waals surface area contributed by atoms with Gasteiger partial charge in [-0.3, -0.25) is 0 Å². The molecule has 1 unspecified atom stereocenters. The summed E-state index contributed by atoms with van der Waals surface area (Å²) in [6, 6.07) is 13.5. The largest absolute Gasteiger partial charge is 0.497 e. The van der Waals surface area contributed by atoms with Gasteiger partial charge in [0.25, 0.3) is 0 Å². The van der Waals surface area contributed by atoms with Crippen LogP contribution in [0.3, 0.4) is 0 Å².